The van der Waals surface area contributed by atoms with Gasteiger partial charge in [0.15, 0.2) is 0 Å². The van der Waals surface area contributed by atoms with E-state index >= 15 is 0 Å². The average molecular weight is 204 g/mol. The smallest absolute Gasteiger partial charge is 0.222 e. The number of hydrogen-bond acceptors (Lipinski definition) is 4. The van der Waals surface area contributed by atoms with Crippen LogP contribution in [0.25, 0.3) is 0 Å². The van der Waals surface area contributed by atoms with Crippen molar-refractivity contribution in [1.29, 1.82) is 5.26 Å². The summed E-state index contributed by atoms with van der Waals surface area (Å²) in [5, 5.41) is 11.4. The molecule has 5 nitrogen and oxygen atoms in total. The number of nitrogen functional groups attached to an aromatic ring is 1. The van der Waals surface area contributed by atoms with Crippen LogP contribution in [0.3, 0.4) is 0 Å². The maximum atomic E-state index is 10.8. The Labute approximate surface area is 87.9 Å². The van der Waals surface area contributed by atoms with Gasteiger partial charge in [0.2, 0.25) is 5.91 Å². The molecule has 5 heteroatoms. The predicted octanol–water partition coefficient (Wildman–Crippen LogP) is 1.06. The number of aromatic nitrogens is 1. The van der Waals surface area contributed by atoms with Crippen molar-refractivity contribution < 1.29 is 4.79 Å². The Bertz CT molecular complexity index is 434. The van der Waals surface area contributed by atoms with Gasteiger partial charge in [-0.2, -0.15) is 5.26 Å². The van der Waals surface area contributed by atoms with E-state index in [2.05, 4.69) is 10.3 Å². The molecule has 0 aromatic carbocycles. The van der Waals surface area contributed by atoms with Gasteiger partial charge < -0.3 is 11.1 Å². The number of aryl methyl sites for hydroxylation is 1. The quantitative estimate of drug-likeness (QED) is 0.753. The summed E-state index contributed by atoms with van der Waals surface area (Å²) in [6.07, 6.45) is 0.598. The monoisotopic (exact) mass is 204 g/mol. The third kappa shape index (κ3) is 2.44. The minimum Gasteiger partial charge on any atom is -0.397 e. The molecule has 0 spiro atoms. The summed E-state index contributed by atoms with van der Waals surface area (Å²) >= 11 is 0. The zero-order chi connectivity index (χ0) is 11.4. The molecule has 1 aromatic heterocycles. The van der Waals surface area contributed by atoms with E-state index in [1.54, 1.807) is 0 Å². The van der Waals surface area contributed by atoms with Crippen molar-refractivity contribution in [3.63, 3.8) is 0 Å². The first-order valence-electron chi connectivity index (χ1n) is 4.55. The molecule has 15 heavy (non-hydrogen) atoms. The fraction of sp³-hybridized carbons (Fsp3) is 0.300. The zero-order valence-corrected chi connectivity index (χ0v) is 8.66. The van der Waals surface area contributed by atoms with Crippen LogP contribution in [0.2, 0.25) is 0 Å². The van der Waals surface area contributed by atoms with Gasteiger partial charge in [-0.25, -0.2) is 4.98 Å². The van der Waals surface area contributed by atoms with E-state index in [4.69, 9.17) is 11.0 Å². The lowest BCUT2D eigenvalue weighted by Gasteiger charge is -2.07. The number of nitriles is 1. The van der Waals surface area contributed by atoms with Gasteiger partial charge >= 0.3 is 0 Å². The first-order chi connectivity index (χ1) is 7.08. The number of carbonyl (C=O) groups is 1. The number of hydrogen-bond donors (Lipinski definition) is 2. The Morgan fingerprint density at radius 3 is 2.87 bits per heavy atom. The van der Waals surface area contributed by atoms with Gasteiger partial charge in [0.25, 0.3) is 0 Å². The number of nitrogens with one attached hydrogen (secondary N) is 1. The van der Waals surface area contributed by atoms with Crippen LogP contribution in [0.5, 0.6) is 0 Å². The van der Waals surface area contributed by atoms with Crippen LogP contribution in [0.15, 0.2) is 6.07 Å². The average Bonchev–Trinajstić information content (AvgIpc) is 2.15. The second-order valence-electron chi connectivity index (χ2n) is 3.06. The number of carbonyl (C=O) groups excluding carboxylic acids is 1. The SMILES string of the molecule is CCc1nc(NC(C)=O)cc(N)c1C#N. The molecule has 1 amide bonds. The van der Waals surface area contributed by atoms with E-state index in [0.717, 1.165) is 0 Å². The van der Waals surface area contributed by atoms with E-state index in [0.29, 0.717) is 29.2 Å². The first kappa shape index (κ1) is 11.0. The fourth-order valence-corrected chi connectivity index (χ4v) is 1.25. The molecule has 0 radical (unpaired) electrons. The number of pyridine rings is 1. The molecule has 0 saturated carbocycles. The van der Waals surface area contributed by atoms with Crippen LogP contribution < -0.4 is 11.1 Å². The molecule has 1 heterocycles. The molecular weight excluding hydrogens is 192 g/mol. The van der Waals surface area contributed by atoms with Crippen LogP contribution >= 0.6 is 0 Å². The number of rotatable bonds is 2. The molecular formula is C10H12N4O. The van der Waals surface area contributed by atoms with Crippen molar-refractivity contribution in [1.82, 2.24) is 4.98 Å². The Hall–Kier alpha value is -2.09. The molecule has 0 aliphatic rings. The number of nitrogens with two attached hydrogens (primary N) is 1. The van der Waals surface area contributed by atoms with Gasteiger partial charge in [-0.1, -0.05) is 6.92 Å². The van der Waals surface area contributed by atoms with E-state index in [1.165, 1.54) is 13.0 Å². The molecule has 1 aromatic rings. The van der Waals surface area contributed by atoms with Gasteiger partial charge in [-0.05, 0) is 6.42 Å². The normalized spacial score (nSPS) is 9.40. The summed E-state index contributed by atoms with van der Waals surface area (Å²) < 4.78 is 0. The topological polar surface area (TPSA) is 91.8 Å². The minimum atomic E-state index is -0.214. The lowest BCUT2D eigenvalue weighted by atomic mass is 10.1. The summed E-state index contributed by atoms with van der Waals surface area (Å²) in [5.41, 5.74) is 6.99. The van der Waals surface area contributed by atoms with Crippen molar-refractivity contribution in [2.24, 2.45) is 0 Å². The third-order valence-corrected chi connectivity index (χ3v) is 1.88. The van der Waals surface area contributed by atoms with Crippen LogP contribution in [0.1, 0.15) is 25.1 Å². The molecule has 0 fully saturated rings. The summed E-state index contributed by atoms with van der Waals surface area (Å²) in [4.78, 5) is 15.0. The van der Waals surface area contributed by atoms with E-state index in [9.17, 15) is 4.79 Å². The maximum absolute atomic E-state index is 10.8. The van der Waals surface area contributed by atoms with Gasteiger partial charge in [0.1, 0.15) is 11.9 Å². The van der Waals surface area contributed by atoms with Crippen LogP contribution in [-0.4, -0.2) is 10.9 Å². The second kappa shape index (κ2) is 4.42. The van der Waals surface area contributed by atoms with Gasteiger partial charge in [-0.3, -0.25) is 4.79 Å². The molecule has 0 saturated heterocycles. The second-order valence-corrected chi connectivity index (χ2v) is 3.06. The Kier molecular flexibility index (Phi) is 3.24. The lowest BCUT2D eigenvalue weighted by molar-refractivity contribution is -0.114. The fourth-order valence-electron chi connectivity index (χ4n) is 1.25. The van der Waals surface area contributed by atoms with Gasteiger partial charge in [-0.15, -0.1) is 0 Å². The standard InChI is InChI=1S/C10H12N4O/c1-3-9-7(5-11)8(12)4-10(14-9)13-6(2)15/h4H,3H2,1-2H3,(H3,12,13,14,15). The molecule has 78 valence electrons. The maximum Gasteiger partial charge on any atom is 0.222 e. The van der Waals surface area contributed by atoms with Crippen LogP contribution in [0, 0.1) is 11.3 Å². The molecule has 0 unspecified atom stereocenters. The summed E-state index contributed by atoms with van der Waals surface area (Å²) in [6, 6.07) is 3.48. The van der Waals surface area contributed by atoms with Crippen molar-refractivity contribution >= 4 is 17.4 Å². The highest BCUT2D eigenvalue weighted by molar-refractivity contribution is 5.88. The Balaban J connectivity index is 3.21. The zero-order valence-electron chi connectivity index (χ0n) is 8.66. The summed E-state index contributed by atoms with van der Waals surface area (Å²) in [5.74, 6) is 0.171. The first-order valence-corrected chi connectivity index (χ1v) is 4.55. The summed E-state index contributed by atoms with van der Waals surface area (Å²) in [6.45, 7) is 3.27. The minimum absolute atomic E-state index is 0.214. The molecule has 0 bridgehead atoms. The molecule has 1 rings (SSSR count). The molecule has 3 N–H and O–H groups in total. The Morgan fingerprint density at radius 2 is 2.40 bits per heavy atom. The van der Waals surface area contributed by atoms with Crippen LogP contribution in [-0.2, 0) is 11.2 Å². The lowest BCUT2D eigenvalue weighted by Crippen LogP contribution is -2.10. The number of nitrogens with zero attached hydrogens (tertiary/aromatic N) is 2. The van der Waals surface area contributed by atoms with Crippen molar-refractivity contribution in [3.05, 3.63) is 17.3 Å². The molecule has 0 atom stereocenters. The van der Waals surface area contributed by atoms with Crippen molar-refractivity contribution in [2.75, 3.05) is 11.1 Å². The number of amides is 1. The highest BCUT2D eigenvalue weighted by atomic mass is 16.1. The third-order valence-electron chi connectivity index (χ3n) is 1.88. The van der Waals surface area contributed by atoms with Crippen molar-refractivity contribution in [2.45, 2.75) is 20.3 Å². The van der Waals surface area contributed by atoms with Gasteiger partial charge in [0, 0.05) is 13.0 Å². The largest absolute Gasteiger partial charge is 0.397 e. The predicted molar refractivity (Wildman–Crippen MR) is 57.0 cm³/mol. The molecule has 0 aliphatic carbocycles. The Morgan fingerprint density at radius 1 is 1.73 bits per heavy atom. The van der Waals surface area contributed by atoms with E-state index < -0.39 is 0 Å². The van der Waals surface area contributed by atoms with Crippen LogP contribution in [0.4, 0.5) is 11.5 Å². The highest BCUT2D eigenvalue weighted by Crippen LogP contribution is 2.19. The summed E-state index contributed by atoms with van der Waals surface area (Å²) in [7, 11) is 0. The number of anilines is 2. The van der Waals surface area contributed by atoms with Gasteiger partial charge in [0.05, 0.1) is 16.9 Å². The molecule has 0 aliphatic heterocycles. The van der Waals surface area contributed by atoms with Crippen molar-refractivity contribution in [3.8, 4) is 6.07 Å². The van der Waals surface area contributed by atoms with E-state index in [-0.39, 0.29) is 5.91 Å². The highest BCUT2D eigenvalue weighted by Gasteiger charge is 2.09. The van der Waals surface area contributed by atoms with E-state index in [1.807, 2.05) is 13.0 Å².